The molecule has 0 saturated carbocycles. The molecule has 0 heterocycles. The minimum atomic E-state index is -0.151. The van der Waals surface area contributed by atoms with Crippen molar-refractivity contribution >= 4 is 12.7 Å². The smallest absolute Gasteiger partial charge is 0.162 e. The first-order valence-corrected chi connectivity index (χ1v) is 5.54. The van der Waals surface area contributed by atoms with Gasteiger partial charge in [-0.3, -0.25) is 0 Å². The van der Waals surface area contributed by atoms with Crippen LogP contribution in [0.25, 0.3) is 0 Å². The van der Waals surface area contributed by atoms with Crippen LogP contribution < -0.4 is 5.46 Å². The van der Waals surface area contributed by atoms with E-state index in [1.54, 1.807) is 12.1 Å². The molecule has 2 aromatic rings. The van der Waals surface area contributed by atoms with E-state index in [9.17, 15) is 4.39 Å². The maximum atomic E-state index is 12.9. The summed E-state index contributed by atoms with van der Waals surface area (Å²) in [6.07, 6.45) is 0.962. The van der Waals surface area contributed by atoms with Crippen LogP contribution in [-0.4, -0.2) is 7.28 Å². The van der Waals surface area contributed by atoms with E-state index in [0.29, 0.717) is 0 Å². The molecule has 16 heavy (non-hydrogen) atoms. The number of hydrogen-bond donors (Lipinski definition) is 0. The Balaban J connectivity index is 1.99. The van der Waals surface area contributed by atoms with E-state index in [4.69, 9.17) is 0 Å². The third-order valence-electron chi connectivity index (χ3n) is 2.71. The highest BCUT2D eigenvalue weighted by Crippen LogP contribution is 2.03. The zero-order valence-electron chi connectivity index (χ0n) is 9.41. The van der Waals surface area contributed by atoms with Crippen LogP contribution >= 0.6 is 0 Å². The van der Waals surface area contributed by atoms with Gasteiger partial charge in [0.2, 0.25) is 0 Å². The van der Waals surface area contributed by atoms with Gasteiger partial charge in [0.05, 0.1) is 0 Å². The van der Waals surface area contributed by atoms with Gasteiger partial charge in [0, 0.05) is 0 Å². The standard InChI is InChI=1S/C14H14BF/c1-11-5-7-12(8-6-11)10-15-13-3-2-4-14(16)9-13/h2-9,15H,10H2,1H3. The second kappa shape index (κ2) is 4.97. The summed E-state index contributed by atoms with van der Waals surface area (Å²) < 4.78 is 12.9. The lowest BCUT2D eigenvalue weighted by Gasteiger charge is -2.01. The van der Waals surface area contributed by atoms with Crippen LogP contribution in [0.15, 0.2) is 48.5 Å². The molecule has 0 aliphatic carbocycles. The van der Waals surface area contributed by atoms with Crippen LogP contribution in [0.3, 0.4) is 0 Å². The van der Waals surface area contributed by atoms with Crippen LogP contribution in [0.4, 0.5) is 4.39 Å². The predicted octanol–water partition coefficient (Wildman–Crippen LogP) is 2.40. The predicted molar refractivity (Wildman–Crippen MR) is 68.1 cm³/mol. The van der Waals surface area contributed by atoms with E-state index >= 15 is 0 Å². The molecular weight excluding hydrogens is 198 g/mol. The minimum absolute atomic E-state index is 0.151. The Morgan fingerprint density at radius 2 is 1.81 bits per heavy atom. The van der Waals surface area contributed by atoms with Crippen LogP contribution in [-0.2, 0) is 6.32 Å². The second-order valence-electron chi connectivity index (χ2n) is 4.12. The quantitative estimate of drug-likeness (QED) is 0.685. The fourth-order valence-corrected chi connectivity index (χ4v) is 1.74. The van der Waals surface area contributed by atoms with Gasteiger partial charge in [-0.05, 0) is 25.4 Å². The molecule has 0 unspecified atom stereocenters. The molecule has 0 amide bonds. The number of rotatable bonds is 3. The van der Waals surface area contributed by atoms with Gasteiger partial charge in [0.1, 0.15) is 5.82 Å². The van der Waals surface area contributed by atoms with Crippen molar-refractivity contribution in [3.63, 3.8) is 0 Å². The number of hydrogen-bond acceptors (Lipinski definition) is 0. The van der Waals surface area contributed by atoms with E-state index in [1.165, 1.54) is 17.2 Å². The summed E-state index contributed by atoms with van der Waals surface area (Å²) in [4.78, 5) is 0. The first-order chi connectivity index (χ1) is 7.74. The van der Waals surface area contributed by atoms with Crippen molar-refractivity contribution in [1.29, 1.82) is 0 Å². The van der Waals surface area contributed by atoms with Gasteiger partial charge in [0.25, 0.3) is 0 Å². The SMILES string of the molecule is Cc1ccc(CBc2cccc(F)c2)cc1. The first-order valence-electron chi connectivity index (χ1n) is 5.54. The molecular formula is C14H14BF. The van der Waals surface area contributed by atoms with Crippen LogP contribution in [0.2, 0.25) is 0 Å². The zero-order chi connectivity index (χ0) is 11.4. The first kappa shape index (κ1) is 10.9. The Bertz CT molecular complexity index is 462. The topological polar surface area (TPSA) is 0 Å². The van der Waals surface area contributed by atoms with E-state index in [0.717, 1.165) is 19.1 Å². The lowest BCUT2D eigenvalue weighted by molar-refractivity contribution is 0.629. The summed E-state index contributed by atoms with van der Waals surface area (Å²) in [5.41, 5.74) is 3.63. The van der Waals surface area contributed by atoms with E-state index in [-0.39, 0.29) is 5.82 Å². The lowest BCUT2D eigenvalue weighted by Crippen LogP contribution is -2.16. The molecule has 0 spiro atoms. The summed E-state index contributed by atoms with van der Waals surface area (Å²) in [5, 5.41) is 0. The van der Waals surface area contributed by atoms with Crippen molar-refractivity contribution in [3.05, 3.63) is 65.5 Å². The number of halogens is 1. The molecule has 0 atom stereocenters. The maximum Gasteiger partial charge on any atom is 0.162 e. The Kier molecular flexibility index (Phi) is 3.40. The van der Waals surface area contributed by atoms with Crippen molar-refractivity contribution in [2.45, 2.75) is 13.2 Å². The van der Waals surface area contributed by atoms with Gasteiger partial charge >= 0.3 is 0 Å². The summed E-state index contributed by atoms with van der Waals surface area (Å²) in [5.74, 6) is -0.151. The van der Waals surface area contributed by atoms with Crippen molar-refractivity contribution in [2.75, 3.05) is 0 Å². The van der Waals surface area contributed by atoms with Gasteiger partial charge in [-0.1, -0.05) is 53.0 Å². The molecule has 0 aromatic heterocycles. The average molecular weight is 212 g/mol. The van der Waals surface area contributed by atoms with Crippen LogP contribution in [0, 0.1) is 12.7 Å². The Morgan fingerprint density at radius 1 is 1.06 bits per heavy atom. The largest absolute Gasteiger partial charge is 0.207 e. The maximum absolute atomic E-state index is 12.9. The fourth-order valence-electron chi connectivity index (χ4n) is 1.74. The molecule has 0 saturated heterocycles. The second-order valence-corrected chi connectivity index (χ2v) is 4.12. The van der Waals surface area contributed by atoms with Gasteiger partial charge in [-0.2, -0.15) is 0 Å². The molecule has 0 bridgehead atoms. The Hall–Kier alpha value is -1.57. The summed E-state index contributed by atoms with van der Waals surface area (Å²) in [6, 6.07) is 15.3. The number of benzene rings is 2. The van der Waals surface area contributed by atoms with Gasteiger partial charge in [-0.15, -0.1) is 0 Å². The van der Waals surface area contributed by atoms with E-state index in [2.05, 4.69) is 31.2 Å². The molecule has 0 nitrogen and oxygen atoms in total. The van der Waals surface area contributed by atoms with Crippen LogP contribution in [0.5, 0.6) is 0 Å². The van der Waals surface area contributed by atoms with Gasteiger partial charge in [-0.25, -0.2) is 4.39 Å². The molecule has 2 heteroatoms. The Labute approximate surface area is 96.4 Å². The molecule has 0 N–H and O–H groups in total. The molecule has 0 fully saturated rings. The van der Waals surface area contributed by atoms with Crippen molar-refractivity contribution < 1.29 is 4.39 Å². The average Bonchev–Trinajstić information content (AvgIpc) is 2.28. The summed E-state index contributed by atoms with van der Waals surface area (Å²) in [6.45, 7) is 2.08. The fraction of sp³-hybridized carbons (Fsp3) is 0.143. The molecule has 0 radical (unpaired) electrons. The Morgan fingerprint density at radius 3 is 2.50 bits per heavy atom. The highest BCUT2D eigenvalue weighted by atomic mass is 19.1. The van der Waals surface area contributed by atoms with Gasteiger partial charge < -0.3 is 0 Å². The van der Waals surface area contributed by atoms with Gasteiger partial charge in [0.15, 0.2) is 7.28 Å². The third kappa shape index (κ3) is 2.96. The molecule has 2 rings (SSSR count). The normalized spacial score (nSPS) is 10.1. The van der Waals surface area contributed by atoms with E-state index in [1.807, 2.05) is 6.07 Å². The summed E-state index contributed by atoms with van der Waals surface area (Å²) >= 11 is 0. The minimum Gasteiger partial charge on any atom is -0.207 e. The molecule has 0 aliphatic heterocycles. The van der Waals surface area contributed by atoms with Crippen LogP contribution in [0.1, 0.15) is 11.1 Å². The van der Waals surface area contributed by atoms with E-state index < -0.39 is 0 Å². The lowest BCUT2D eigenvalue weighted by atomic mass is 9.65. The van der Waals surface area contributed by atoms with Crippen molar-refractivity contribution in [3.8, 4) is 0 Å². The molecule has 80 valence electrons. The summed E-state index contributed by atoms with van der Waals surface area (Å²) in [7, 11) is 0.890. The third-order valence-corrected chi connectivity index (χ3v) is 2.71. The monoisotopic (exact) mass is 212 g/mol. The van der Waals surface area contributed by atoms with Crippen molar-refractivity contribution in [2.24, 2.45) is 0 Å². The number of aryl methyl sites for hydroxylation is 1. The van der Waals surface area contributed by atoms with Crippen molar-refractivity contribution in [1.82, 2.24) is 0 Å². The highest BCUT2D eigenvalue weighted by molar-refractivity contribution is 6.52. The highest BCUT2D eigenvalue weighted by Gasteiger charge is 1.99. The zero-order valence-corrected chi connectivity index (χ0v) is 9.41. The molecule has 2 aromatic carbocycles. The molecule has 0 aliphatic rings.